The molecular formula is C17H25N7O2. The Morgan fingerprint density at radius 1 is 1.35 bits per heavy atom. The molecule has 1 aliphatic carbocycles. The maximum absolute atomic E-state index is 12.8. The minimum atomic E-state index is -0.388. The van der Waals surface area contributed by atoms with Crippen LogP contribution in [0.3, 0.4) is 0 Å². The summed E-state index contributed by atoms with van der Waals surface area (Å²) >= 11 is 0. The van der Waals surface area contributed by atoms with E-state index in [0.717, 1.165) is 25.1 Å². The van der Waals surface area contributed by atoms with Gasteiger partial charge in [0, 0.05) is 19.2 Å². The van der Waals surface area contributed by atoms with Gasteiger partial charge in [-0.15, -0.1) is 5.10 Å². The summed E-state index contributed by atoms with van der Waals surface area (Å²) in [5, 5.41) is 16.5. The Morgan fingerprint density at radius 3 is 2.77 bits per heavy atom. The fourth-order valence-corrected chi connectivity index (χ4v) is 4.24. The van der Waals surface area contributed by atoms with Crippen LogP contribution < -0.4 is 0 Å². The molecule has 9 nitrogen and oxygen atoms in total. The highest BCUT2D eigenvalue weighted by Crippen LogP contribution is 2.38. The van der Waals surface area contributed by atoms with Crippen LogP contribution in [0.2, 0.25) is 0 Å². The van der Waals surface area contributed by atoms with Crippen LogP contribution in [0.15, 0.2) is 10.6 Å². The highest BCUT2D eigenvalue weighted by molar-refractivity contribution is 5.92. The van der Waals surface area contributed by atoms with Crippen LogP contribution in [0.1, 0.15) is 60.2 Å². The van der Waals surface area contributed by atoms with Crippen molar-refractivity contribution in [1.29, 1.82) is 0 Å². The number of hydrogen-bond donors (Lipinski definition) is 0. The van der Waals surface area contributed by atoms with Crippen LogP contribution >= 0.6 is 0 Å². The average Bonchev–Trinajstić information content (AvgIpc) is 3.37. The lowest BCUT2D eigenvalue weighted by Crippen LogP contribution is -2.47. The number of nitrogens with zero attached hydrogens (tertiary/aromatic N) is 7. The van der Waals surface area contributed by atoms with E-state index in [1.165, 1.54) is 12.8 Å². The van der Waals surface area contributed by atoms with E-state index in [4.69, 9.17) is 4.52 Å². The van der Waals surface area contributed by atoms with Gasteiger partial charge in [0.2, 0.25) is 0 Å². The number of likely N-dealkylation sites (N-methyl/N-ethyl adjacent to an activating group) is 1. The SMILES string of the molecule is Cc1cc(C(=O)N2CCC(c3nnnn3C3CCCC3)(N(C)C)C2)no1. The van der Waals surface area contributed by atoms with Crippen LogP contribution in [0.25, 0.3) is 0 Å². The number of likely N-dealkylation sites (tertiary alicyclic amines) is 1. The van der Waals surface area contributed by atoms with Crippen molar-refractivity contribution in [1.82, 2.24) is 35.2 Å². The molecule has 0 spiro atoms. The van der Waals surface area contributed by atoms with Crippen LogP contribution in [-0.2, 0) is 5.54 Å². The maximum atomic E-state index is 12.8. The molecule has 3 heterocycles. The Kier molecular flexibility index (Phi) is 4.26. The number of carbonyl (C=O) groups is 1. The summed E-state index contributed by atoms with van der Waals surface area (Å²) in [6, 6.07) is 2.04. The van der Waals surface area contributed by atoms with E-state index < -0.39 is 0 Å². The first-order valence-corrected chi connectivity index (χ1v) is 9.19. The molecular weight excluding hydrogens is 334 g/mol. The molecule has 0 radical (unpaired) electrons. The summed E-state index contributed by atoms with van der Waals surface area (Å²) in [5.41, 5.74) is -0.0343. The Hall–Kier alpha value is -2.29. The quantitative estimate of drug-likeness (QED) is 0.814. The summed E-state index contributed by atoms with van der Waals surface area (Å²) < 4.78 is 7.06. The molecule has 1 saturated heterocycles. The number of aryl methyl sites for hydroxylation is 1. The van der Waals surface area contributed by atoms with Crippen molar-refractivity contribution < 1.29 is 9.32 Å². The number of tetrazole rings is 1. The van der Waals surface area contributed by atoms with Crippen molar-refractivity contribution in [2.45, 2.75) is 50.6 Å². The molecule has 2 fully saturated rings. The predicted octanol–water partition coefficient (Wildman–Crippen LogP) is 1.39. The Bertz CT molecular complexity index is 793. The van der Waals surface area contributed by atoms with Gasteiger partial charge in [0.05, 0.1) is 6.04 Å². The maximum Gasteiger partial charge on any atom is 0.276 e. The first-order chi connectivity index (χ1) is 12.5. The summed E-state index contributed by atoms with van der Waals surface area (Å²) in [4.78, 5) is 16.8. The molecule has 0 aromatic carbocycles. The number of rotatable bonds is 4. The highest BCUT2D eigenvalue weighted by atomic mass is 16.5. The number of hydrogen-bond acceptors (Lipinski definition) is 7. The van der Waals surface area contributed by atoms with E-state index in [-0.39, 0.29) is 11.4 Å². The minimum Gasteiger partial charge on any atom is -0.361 e. The third kappa shape index (κ3) is 2.70. The van der Waals surface area contributed by atoms with E-state index >= 15 is 0 Å². The summed E-state index contributed by atoms with van der Waals surface area (Å²) in [5.74, 6) is 1.39. The number of amides is 1. The van der Waals surface area contributed by atoms with Gasteiger partial charge in [0.25, 0.3) is 5.91 Å². The largest absolute Gasteiger partial charge is 0.361 e. The lowest BCUT2D eigenvalue weighted by molar-refractivity contribution is 0.0727. The second kappa shape index (κ2) is 6.46. The van der Waals surface area contributed by atoms with E-state index in [1.807, 2.05) is 23.7 Å². The van der Waals surface area contributed by atoms with Crippen molar-refractivity contribution in [2.75, 3.05) is 27.2 Å². The van der Waals surface area contributed by atoms with Crippen molar-refractivity contribution >= 4 is 5.91 Å². The van der Waals surface area contributed by atoms with Crippen molar-refractivity contribution in [3.8, 4) is 0 Å². The van der Waals surface area contributed by atoms with Gasteiger partial charge in [0.15, 0.2) is 11.5 Å². The Labute approximate surface area is 152 Å². The molecule has 140 valence electrons. The molecule has 1 amide bonds. The molecule has 2 aliphatic rings. The first kappa shape index (κ1) is 17.1. The van der Waals surface area contributed by atoms with Gasteiger partial charge < -0.3 is 9.42 Å². The van der Waals surface area contributed by atoms with Gasteiger partial charge in [0.1, 0.15) is 11.3 Å². The second-order valence-electron chi connectivity index (χ2n) is 7.61. The zero-order valence-electron chi connectivity index (χ0n) is 15.6. The van der Waals surface area contributed by atoms with Crippen molar-refractivity contribution in [2.24, 2.45) is 0 Å². The molecule has 1 atom stereocenters. The van der Waals surface area contributed by atoms with Gasteiger partial charge >= 0.3 is 0 Å². The highest BCUT2D eigenvalue weighted by Gasteiger charge is 2.48. The fraction of sp³-hybridized carbons (Fsp3) is 0.706. The molecule has 1 aliphatic heterocycles. The molecule has 4 rings (SSSR count). The number of carbonyl (C=O) groups excluding carboxylic acids is 1. The molecule has 9 heteroatoms. The van der Waals surface area contributed by atoms with E-state index in [0.29, 0.717) is 30.6 Å². The third-order valence-corrected chi connectivity index (χ3v) is 5.82. The smallest absolute Gasteiger partial charge is 0.276 e. The van der Waals surface area contributed by atoms with E-state index in [1.54, 1.807) is 13.0 Å². The molecule has 2 aromatic heterocycles. The van der Waals surface area contributed by atoms with Crippen LogP contribution in [-0.4, -0.2) is 68.3 Å². The van der Waals surface area contributed by atoms with E-state index in [9.17, 15) is 4.79 Å². The third-order valence-electron chi connectivity index (χ3n) is 5.82. The summed E-state index contributed by atoms with van der Waals surface area (Å²) in [6.07, 6.45) is 5.45. The molecule has 2 aromatic rings. The second-order valence-corrected chi connectivity index (χ2v) is 7.61. The van der Waals surface area contributed by atoms with Crippen molar-refractivity contribution in [3.05, 3.63) is 23.3 Å². The summed E-state index contributed by atoms with van der Waals surface area (Å²) in [7, 11) is 4.06. The number of aromatic nitrogens is 5. The molecule has 1 unspecified atom stereocenters. The molecule has 26 heavy (non-hydrogen) atoms. The van der Waals surface area contributed by atoms with Gasteiger partial charge in [-0.3, -0.25) is 9.69 Å². The van der Waals surface area contributed by atoms with E-state index in [2.05, 4.69) is 25.6 Å². The fourth-order valence-electron chi connectivity index (χ4n) is 4.24. The standard InChI is InChI=1S/C17H25N7O2/c1-12-10-14(19-26-12)15(25)23-9-8-17(11-23,22(2)3)16-18-20-21-24(16)13-6-4-5-7-13/h10,13H,4-9,11H2,1-3H3. The zero-order chi connectivity index (χ0) is 18.3. The van der Waals surface area contributed by atoms with Gasteiger partial charge in [-0.1, -0.05) is 18.0 Å². The Balaban J connectivity index is 1.63. The average molecular weight is 359 g/mol. The zero-order valence-corrected chi connectivity index (χ0v) is 15.6. The Morgan fingerprint density at radius 2 is 2.12 bits per heavy atom. The topological polar surface area (TPSA) is 93.2 Å². The molecule has 0 N–H and O–H groups in total. The first-order valence-electron chi connectivity index (χ1n) is 9.19. The van der Waals surface area contributed by atoms with Crippen LogP contribution in [0, 0.1) is 6.92 Å². The normalized spacial score (nSPS) is 24.1. The van der Waals surface area contributed by atoms with Gasteiger partial charge in [-0.2, -0.15) is 0 Å². The molecule has 1 saturated carbocycles. The lowest BCUT2D eigenvalue weighted by Gasteiger charge is -2.35. The lowest BCUT2D eigenvalue weighted by atomic mass is 9.95. The monoisotopic (exact) mass is 359 g/mol. The van der Waals surface area contributed by atoms with Crippen LogP contribution in [0.5, 0.6) is 0 Å². The van der Waals surface area contributed by atoms with Crippen molar-refractivity contribution in [3.63, 3.8) is 0 Å². The summed E-state index contributed by atoms with van der Waals surface area (Å²) in [6.45, 7) is 2.96. The minimum absolute atomic E-state index is 0.106. The van der Waals surface area contributed by atoms with Gasteiger partial charge in [-0.25, -0.2) is 4.68 Å². The van der Waals surface area contributed by atoms with Crippen LogP contribution in [0.4, 0.5) is 0 Å². The molecule has 0 bridgehead atoms. The van der Waals surface area contributed by atoms with Gasteiger partial charge in [-0.05, 0) is 50.7 Å². The predicted molar refractivity (Wildman–Crippen MR) is 92.4 cm³/mol.